The molecule has 0 radical (unpaired) electrons. The Kier molecular flexibility index (Phi) is 9.10. The van der Waals surface area contributed by atoms with Crippen molar-refractivity contribution in [2.24, 2.45) is 0 Å². The lowest BCUT2D eigenvalue weighted by Gasteiger charge is -2.27. The Morgan fingerprint density at radius 2 is 1.88 bits per heavy atom. The van der Waals surface area contributed by atoms with E-state index in [-0.39, 0.29) is 12.0 Å². The molecule has 1 saturated heterocycles. The van der Waals surface area contributed by atoms with Crippen molar-refractivity contribution in [3.05, 3.63) is 65.7 Å². The van der Waals surface area contributed by atoms with Crippen molar-refractivity contribution >= 4 is 15.9 Å². The quantitative estimate of drug-likeness (QED) is 0.324. The fourth-order valence-electron chi connectivity index (χ4n) is 4.52. The minimum absolute atomic E-state index is 0.0514. The molecular weight excluding hydrogens is 561 g/mol. The van der Waals surface area contributed by atoms with Crippen molar-refractivity contribution in [3.63, 3.8) is 0 Å². The second-order valence-corrected chi connectivity index (χ2v) is 12.1. The van der Waals surface area contributed by atoms with Crippen LogP contribution in [0.3, 0.4) is 0 Å². The van der Waals surface area contributed by atoms with Crippen molar-refractivity contribution in [1.29, 1.82) is 0 Å². The molecule has 41 heavy (non-hydrogen) atoms. The molecule has 4 rings (SSSR count). The maximum atomic E-state index is 12.7. The molecule has 13 heteroatoms. The number of carbonyl (C=O) groups excluding carboxylic acids is 1. The number of rotatable bonds is 11. The van der Waals surface area contributed by atoms with Gasteiger partial charge in [0.05, 0.1) is 17.3 Å². The maximum absolute atomic E-state index is 12.7. The summed E-state index contributed by atoms with van der Waals surface area (Å²) < 4.78 is 77.7. The highest BCUT2D eigenvalue weighted by Crippen LogP contribution is 2.31. The molecule has 2 N–H and O–H groups in total. The van der Waals surface area contributed by atoms with E-state index in [2.05, 4.69) is 15.1 Å². The van der Waals surface area contributed by atoms with Crippen LogP contribution in [0.2, 0.25) is 0 Å². The molecule has 1 amide bonds. The third-order valence-corrected chi connectivity index (χ3v) is 8.07. The summed E-state index contributed by atoms with van der Waals surface area (Å²) in [5.74, 6) is -1.23. The van der Waals surface area contributed by atoms with Gasteiger partial charge in [0.2, 0.25) is 15.9 Å². The number of aryl methyl sites for hydroxylation is 1. The van der Waals surface area contributed by atoms with Gasteiger partial charge in [0.1, 0.15) is 5.75 Å². The van der Waals surface area contributed by atoms with Crippen LogP contribution in [-0.2, 0) is 26.8 Å². The number of benzene rings is 2. The van der Waals surface area contributed by atoms with E-state index >= 15 is 0 Å². The van der Waals surface area contributed by atoms with E-state index in [0.29, 0.717) is 47.1 Å². The smallest absolute Gasteiger partial charge is 0.404 e. The minimum atomic E-state index is -4.86. The van der Waals surface area contributed by atoms with Crippen LogP contribution < -0.4 is 14.8 Å². The van der Waals surface area contributed by atoms with Gasteiger partial charge in [-0.05, 0) is 69.5 Å². The lowest BCUT2D eigenvalue weighted by molar-refractivity contribution is -0.106. The van der Waals surface area contributed by atoms with Gasteiger partial charge in [-0.25, -0.2) is 17.8 Å². The van der Waals surface area contributed by atoms with E-state index in [1.54, 1.807) is 59.3 Å². The average molecular weight is 595 g/mol. The fourth-order valence-corrected chi connectivity index (χ4v) is 5.92. The van der Waals surface area contributed by atoms with Crippen LogP contribution in [0, 0.1) is 0 Å². The number of hydrogen-bond donors (Lipinski definition) is 2. The standard InChI is InChI=1S/C28H33F3N4O5S/c1-4-35-25(40-22-12-10-19(11-13-22)26(36)32-17-23-9-6-14-39-23)16-24(33-35)20-7-5-8-21(15-20)27(2,3)34-41(37,38)18-28(29,30)31/h5,7-8,10-13,15-16,23,34H,4,6,9,14,17-18H2,1-3H3,(H,32,36). The van der Waals surface area contributed by atoms with Gasteiger partial charge in [0.15, 0.2) is 5.75 Å². The number of sulfonamides is 1. The second kappa shape index (κ2) is 12.2. The predicted octanol–water partition coefficient (Wildman–Crippen LogP) is 4.99. The zero-order chi connectivity index (χ0) is 29.8. The average Bonchev–Trinajstić information content (AvgIpc) is 3.56. The van der Waals surface area contributed by atoms with E-state index < -0.39 is 27.5 Å². The van der Waals surface area contributed by atoms with E-state index in [1.807, 2.05) is 6.92 Å². The van der Waals surface area contributed by atoms with Crippen LogP contribution in [0.4, 0.5) is 13.2 Å². The van der Waals surface area contributed by atoms with Gasteiger partial charge in [-0.1, -0.05) is 18.2 Å². The lowest BCUT2D eigenvalue weighted by atomic mass is 9.93. The molecule has 1 aliphatic heterocycles. The molecular formula is C28H33F3N4O5S. The number of alkyl halides is 3. The number of nitrogens with one attached hydrogen (secondary N) is 2. The van der Waals surface area contributed by atoms with Crippen LogP contribution in [0.15, 0.2) is 54.6 Å². The van der Waals surface area contributed by atoms with E-state index in [4.69, 9.17) is 9.47 Å². The highest BCUT2D eigenvalue weighted by Gasteiger charge is 2.38. The molecule has 2 heterocycles. The van der Waals surface area contributed by atoms with E-state index in [0.717, 1.165) is 19.4 Å². The predicted molar refractivity (Wildman–Crippen MR) is 147 cm³/mol. The maximum Gasteiger partial charge on any atom is 0.404 e. The summed E-state index contributed by atoms with van der Waals surface area (Å²) in [6.07, 6.45) is -2.87. The summed E-state index contributed by atoms with van der Waals surface area (Å²) >= 11 is 0. The fraction of sp³-hybridized carbons (Fsp3) is 0.429. The molecule has 1 atom stereocenters. The number of nitrogens with zero attached hydrogens (tertiary/aromatic N) is 2. The second-order valence-electron chi connectivity index (χ2n) is 10.3. The molecule has 1 aliphatic rings. The number of carbonyl (C=O) groups is 1. The largest absolute Gasteiger partial charge is 0.439 e. The minimum Gasteiger partial charge on any atom is -0.439 e. The summed E-state index contributed by atoms with van der Waals surface area (Å²) in [6.45, 7) is 6.55. The van der Waals surface area contributed by atoms with Crippen LogP contribution in [0.5, 0.6) is 11.6 Å². The van der Waals surface area contributed by atoms with Gasteiger partial charge in [0.25, 0.3) is 5.91 Å². The molecule has 222 valence electrons. The SMILES string of the molecule is CCn1nc(-c2cccc(C(C)(C)NS(=O)(=O)CC(F)(F)F)c2)cc1Oc1ccc(C(=O)NCC2CCCO2)cc1. The zero-order valence-electron chi connectivity index (χ0n) is 23.0. The Balaban J connectivity index is 1.47. The Labute approximate surface area is 237 Å². The summed E-state index contributed by atoms with van der Waals surface area (Å²) in [5, 5.41) is 7.46. The number of aromatic nitrogens is 2. The third-order valence-electron chi connectivity index (χ3n) is 6.54. The van der Waals surface area contributed by atoms with Crippen molar-refractivity contribution in [2.75, 3.05) is 18.9 Å². The van der Waals surface area contributed by atoms with E-state index in [1.165, 1.54) is 13.8 Å². The first-order chi connectivity index (χ1) is 19.2. The summed E-state index contributed by atoms with van der Waals surface area (Å²) in [6, 6.07) is 15.2. The highest BCUT2D eigenvalue weighted by molar-refractivity contribution is 7.89. The van der Waals surface area contributed by atoms with Gasteiger partial charge >= 0.3 is 6.18 Å². The molecule has 1 aromatic heterocycles. The van der Waals surface area contributed by atoms with Gasteiger partial charge in [-0.2, -0.15) is 18.3 Å². The Morgan fingerprint density at radius 1 is 1.15 bits per heavy atom. The van der Waals surface area contributed by atoms with Gasteiger partial charge in [-0.15, -0.1) is 0 Å². The van der Waals surface area contributed by atoms with Gasteiger partial charge in [-0.3, -0.25) is 4.79 Å². The number of hydrogen-bond acceptors (Lipinski definition) is 6. The first-order valence-electron chi connectivity index (χ1n) is 13.2. The van der Waals surface area contributed by atoms with Crippen LogP contribution in [0.25, 0.3) is 11.3 Å². The zero-order valence-corrected chi connectivity index (χ0v) is 23.8. The molecule has 0 aliphatic carbocycles. The molecule has 0 bridgehead atoms. The van der Waals surface area contributed by atoms with Crippen LogP contribution in [-0.4, -0.2) is 55.3 Å². The molecule has 1 unspecified atom stereocenters. The first kappa shape index (κ1) is 30.5. The Bertz CT molecular complexity index is 1460. The Morgan fingerprint density at radius 3 is 2.51 bits per heavy atom. The van der Waals surface area contributed by atoms with Crippen molar-refractivity contribution in [3.8, 4) is 22.9 Å². The third kappa shape index (κ3) is 8.30. The topological polar surface area (TPSA) is 112 Å². The van der Waals surface area contributed by atoms with Crippen LogP contribution in [0.1, 0.15) is 49.5 Å². The number of ether oxygens (including phenoxy) is 2. The highest BCUT2D eigenvalue weighted by atomic mass is 32.2. The number of amides is 1. The first-order valence-corrected chi connectivity index (χ1v) is 14.8. The van der Waals surface area contributed by atoms with Crippen molar-refractivity contribution < 1.29 is 35.9 Å². The molecule has 9 nitrogen and oxygen atoms in total. The van der Waals surface area contributed by atoms with E-state index in [9.17, 15) is 26.4 Å². The molecule has 0 saturated carbocycles. The van der Waals surface area contributed by atoms with Crippen LogP contribution >= 0.6 is 0 Å². The molecule has 1 fully saturated rings. The van der Waals surface area contributed by atoms with Gasteiger partial charge < -0.3 is 14.8 Å². The van der Waals surface area contributed by atoms with Gasteiger partial charge in [0, 0.05) is 36.9 Å². The van der Waals surface area contributed by atoms with Crippen molar-refractivity contribution in [1.82, 2.24) is 19.8 Å². The molecule has 2 aromatic carbocycles. The summed E-state index contributed by atoms with van der Waals surface area (Å²) in [5.41, 5.74) is 0.793. The summed E-state index contributed by atoms with van der Waals surface area (Å²) in [4.78, 5) is 12.5. The molecule has 3 aromatic rings. The number of halogens is 3. The monoisotopic (exact) mass is 594 g/mol. The Hall–Kier alpha value is -3.42. The normalized spacial score (nSPS) is 16.1. The lowest BCUT2D eigenvalue weighted by Crippen LogP contribution is -2.44. The summed E-state index contributed by atoms with van der Waals surface area (Å²) in [7, 11) is -4.63. The van der Waals surface area contributed by atoms with Crippen molar-refractivity contribution in [2.45, 2.75) is 58.0 Å². The molecule has 0 spiro atoms.